The second-order valence-corrected chi connectivity index (χ2v) is 7.04. The van der Waals surface area contributed by atoms with Crippen LogP contribution >= 0.6 is 0 Å². The molecule has 0 radical (unpaired) electrons. The fraction of sp³-hybridized carbons (Fsp3) is 0.632. The first-order chi connectivity index (χ1) is 9.88. The minimum atomic E-state index is 0.269. The van der Waals surface area contributed by atoms with Crippen molar-refractivity contribution in [2.75, 3.05) is 13.6 Å². The van der Waals surface area contributed by atoms with Crippen molar-refractivity contribution in [2.45, 2.75) is 59.4 Å². The van der Waals surface area contributed by atoms with E-state index in [1.165, 1.54) is 31.2 Å². The van der Waals surface area contributed by atoms with Gasteiger partial charge in [0.05, 0.1) is 6.54 Å². The molecule has 0 saturated heterocycles. The summed E-state index contributed by atoms with van der Waals surface area (Å²) in [4.78, 5) is 15.0. The zero-order valence-corrected chi connectivity index (χ0v) is 14.2. The number of hydrogen-bond acceptors (Lipinski definition) is 2. The molecule has 1 saturated carbocycles. The Labute approximate surface area is 129 Å². The van der Waals surface area contributed by atoms with Gasteiger partial charge in [0, 0.05) is 11.6 Å². The van der Waals surface area contributed by atoms with Crippen LogP contribution in [0.4, 0.5) is 0 Å². The van der Waals surface area contributed by atoms with Gasteiger partial charge in [-0.3, -0.25) is 9.69 Å². The first-order valence-electron chi connectivity index (χ1n) is 8.19. The maximum absolute atomic E-state index is 12.7. The minimum Gasteiger partial charge on any atom is -0.296 e. The van der Waals surface area contributed by atoms with Crippen LogP contribution in [-0.4, -0.2) is 30.3 Å². The zero-order valence-electron chi connectivity index (χ0n) is 14.2. The Kier molecular flexibility index (Phi) is 5.21. The van der Waals surface area contributed by atoms with Gasteiger partial charge in [0.25, 0.3) is 0 Å². The predicted molar refractivity (Wildman–Crippen MR) is 89.0 cm³/mol. The highest BCUT2D eigenvalue weighted by atomic mass is 16.1. The van der Waals surface area contributed by atoms with Crippen LogP contribution < -0.4 is 0 Å². The molecule has 0 bridgehead atoms. The zero-order chi connectivity index (χ0) is 15.6. The number of ketones is 1. The van der Waals surface area contributed by atoms with Gasteiger partial charge in [0.15, 0.2) is 5.78 Å². The van der Waals surface area contributed by atoms with Gasteiger partial charge in [-0.1, -0.05) is 37.5 Å². The molecule has 0 aromatic heterocycles. The van der Waals surface area contributed by atoms with Crippen molar-refractivity contribution in [3.05, 3.63) is 34.4 Å². The van der Waals surface area contributed by atoms with E-state index in [2.05, 4.69) is 51.8 Å². The summed E-state index contributed by atoms with van der Waals surface area (Å²) in [5, 5.41) is 0. The molecule has 0 heterocycles. The molecule has 2 atom stereocenters. The number of Topliss-reactive ketones (excluding diaryl/α,β-unsaturated/α-hetero) is 1. The Bertz CT molecular complexity index is 497. The van der Waals surface area contributed by atoms with E-state index in [1.807, 2.05) is 0 Å². The number of rotatable bonds is 4. The molecule has 0 N–H and O–H groups in total. The van der Waals surface area contributed by atoms with Gasteiger partial charge < -0.3 is 0 Å². The lowest BCUT2D eigenvalue weighted by molar-refractivity contribution is 0.0881. The molecule has 2 nitrogen and oxygen atoms in total. The van der Waals surface area contributed by atoms with E-state index >= 15 is 0 Å². The van der Waals surface area contributed by atoms with Crippen LogP contribution in [0.2, 0.25) is 0 Å². The molecule has 1 aromatic rings. The molecule has 2 unspecified atom stereocenters. The van der Waals surface area contributed by atoms with Crippen LogP contribution in [0.5, 0.6) is 0 Å². The average molecular weight is 287 g/mol. The number of nitrogens with zero attached hydrogens (tertiary/aromatic N) is 1. The smallest absolute Gasteiger partial charge is 0.177 e. The summed E-state index contributed by atoms with van der Waals surface area (Å²) in [6.07, 6.45) is 5.11. The van der Waals surface area contributed by atoms with Crippen LogP contribution in [0.1, 0.15) is 59.7 Å². The Morgan fingerprint density at radius 2 is 1.81 bits per heavy atom. The molecule has 2 heteroatoms. The van der Waals surface area contributed by atoms with E-state index in [0.29, 0.717) is 12.6 Å². The van der Waals surface area contributed by atoms with Gasteiger partial charge >= 0.3 is 0 Å². The third-order valence-electron chi connectivity index (χ3n) is 4.88. The van der Waals surface area contributed by atoms with E-state index < -0.39 is 0 Å². The fourth-order valence-electron chi connectivity index (χ4n) is 3.86. The number of likely N-dealkylation sites (N-methyl/N-ethyl adjacent to an activating group) is 1. The summed E-state index contributed by atoms with van der Waals surface area (Å²) in [7, 11) is 2.11. The summed E-state index contributed by atoms with van der Waals surface area (Å²) in [6, 6.07) is 4.80. The Morgan fingerprint density at radius 3 is 2.38 bits per heavy atom. The van der Waals surface area contributed by atoms with Crippen molar-refractivity contribution in [2.24, 2.45) is 5.92 Å². The van der Waals surface area contributed by atoms with Crippen molar-refractivity contribution in [3.63, 3.8) is 0 Å². The Hall–Kier alpha value is -1.15. The summed E-state index contributed by atoms with van der Waals surface area (Å²) >= 11 is 0. The van der Waals surface area contributed by atoms with E-state index in [1.54, 1.807) is 0 Å². The van der Waals surface area contributed by atoms with Gasteiger partial charge in [-0.15, -0.1) is 0 Å². The standard InChI is InChI=1S/C19H29NO/c1-13-7-6-8-17(11-13)20(5)12-18(21)19-15(3)9-14(2)10-16(19)4/h9-10,13,17H,6-8,11-12H2,1-5H3. The molecule has 1 fully saturated rings. The fourth-order valence-corrected chi connectivity index (χ4v) is 3.86. The van der Waals surface area contributed by atoms with E-state index in [-0.39, 0.29) is 5.78 Å². The molecular weight excluding hydrogens is 258 g/mol. The molecule has 1 aliphatic rings. The molecule has 0 spiro atoms. The number of carbonyl (C=O) groups is 1. The number of aryl methyl sites for hydroxylation is 3. The summed E-state index contributed by atoms with van der Waals surface area (Å²) in [5.41, 5.74) is 4.39. The third kappa shape index (κ3) is 3.94. The van der Waals surface area contributed by atoms with Crippen LogP contribution in [0, 0.1) is 26.7 Å². The molecule has 116 valence electrons. The van der Waals surface area contributed by atoms with E-state index in [4.69, 9.17) is 0 Å². The van der Waals surface area contributed by atoms with Gasteiger partial charge in [-0.25, -0.2) is 0 Å². The Balaban J connectivity index is 2.07. The van der Waals surface area contributed by atoms with Crippen LogP contribution in [0.15, 0.2) is 12.1 Å². The highest BCUT2D eigenvalue weighted by Gasteiger charge is 2.24. The number of hydrogen-bond donors (Lipinski definition) is 0. The normalized spacial score (nSPS) is 22.6. The molecule has 0 aliphatic heterocycles. The number of carbonyl (C=O) groups excluding carboxylic acids is 1. The molecular formula is C19H29NO. The second-order valence-electron chi connectivity index (χ2n) is 7.04. The maximum atomic E-state index is 12.7. The predicted octanol–water partition coefficient (Wildman–Crippen LogP) is 4.31. The van der Waals surface area contributed by atoms with Crippen LogP contribution in [0.3, 0.4) is 0 Å². The highest BCUT2D eigenvalue weighted by molar-refractivity contribution is 6.00. The minimum absolute atomic E-state index is 0.269. The maximum Gasteiger partial charge on any atom is 0.177 e. The van der Waals surface area contributed by atoms with Crippen molar-refractivity contribution >= 4 is 5.78 Å². The van der Waals surface area contributed by atoms with Crippen LogP contribution in [-0.2, 0) is 0 Å². The lowest BCUT2D eigenvalue weighted by atomic mass is 9.86. The van der Waals surface area contributed by atoms with Gasteiger partial charge in [0.2, 0.25) is 0 Å². The molecule has 1 aromatic carbocycles. The molecule has 0 amide bonds. The second kappa shape index (κ2) is 6.74. The van der Waals surface area contributed by atoms with Gasteiger partial charge in [0.1, 0.15) is 0 Å². The average Bonchev–Trinajstić information content (AvgIpc) is 2.37. The molecule has 2 rings (SSSR count). The summed E-state index contributed by atoms with van der Waals surface area (Å²) in [5.74, 6) is 1.06. The monoisotopic (exact) mass is 287 g/mol. The first-order valence-corrected chi connectivity index (χ1v) is 8.19. The first kappa shape index (κ1) is 16.2. The SMILES string of the molecule is Cc1cc(C)c(C(=O)CN(C)C2CCCC(C)C2)c(C)c1. The van der Waals surface area contributed by atoms with Crippen molar-refractivity contribution in [1.29, 1.82) is 0 Å². The lowest BCUT2D eigenvalue weighted by Gasteiger charge is -2.33. The molecule has 1 aliphatic carbocycles. The van der Waals surface area contributed by atoms with E-state index in [0.717, 1.165) is 22.6 Å². The van der Waals surface area contributed by atoms with Crippen molar-refractivity contribution in [3.8, 4) is 0 Å². The third-order valence-corrected chi connectivity index (χ3v) is 4.88. The quantitative estimate of drug-likeness (QED) is 0.769. The van der Waals surface area contributed by atoms with Gasteiger partial charge in [-0.05, 0) is 57.7 Å². The topological polar surface area (TPSA) is 20.3 Å². The highest BCUT2D eigenvalue weighted by Crippen LogP contribution is 2.27. The summed E-state index contributed by atoms with van der Waals surface area (Å²) in [6.45, 7) is 9.06. The lowest BCUT2D eigenvalue weighted by Crippen LogP contribution is -2.39. The van der Waals surface area contributed by atoms with E-state index in [9.17, 15) is 4.79 Å². The Morgan fingerprint density at radius 1 is 1.19 bits per heavy atom. The number of benzene rings is 1. The van der Waals surface area contributed by atoms with Crippen LogP contribution in [0.25, 0.3) is 0 Å². The summed E-state index contributed by atoms with van der Waals surface area (Å²) < 4.78 is 0. The molecule has 21 heavy (non-hydrogen) atoms. The van der Waals surface area contributed by atoms with Crippen molar-refractivity contribution < 1.29 is 4.79 Å². The van der Waals surface area contributed by atoms with Crippen molar-refractivity contribution in [1.82, 2.24) is 4.90 Å². The van der Waals surface area contributed by atoms with Gasteiger partial charge in [-0.2, -0.15) is 0 Å². The largest absolute Gasteiger partial charge is 0.296 e.